The molecule has 3 nitrogen and oxygen atoms in total. The van der Waals surface area contributed by atoms with E-state index >= 15 is 0 Å². The van der Waals surface area contributed by atoms with Crippen LogP contribution >= 0.6 is 24.8 Å². The van der Waals surface area contributed by atoms with E-state index in [0.717, 1.165) is 26.2 Å². The molecule has 1 aliphatic heterocycles. The average Bonchev–Trinajstić information content (AvgIpc) is 2.61. The fraction of sp³-hybridized carbons (Fsp3) is 0.316. The fourth-order valence-corrected chi connectivity index (χ4v) is 3.09. The van der Waals surface area contributed by atoms with Gasteiger partial charge in [0, 0.05) is 32.2 Å². The van der Waals surface area contributed by atoms with Crippen LogP contribution in [0.2, 0.25) is 0 Å². The van der Waals surface area contributed by atoms with Crippen molar-refractivity contribution in [2.24, 2.45) is 0 Å². The van der Waals surface area contributed by atoms with Crippen molar-refractivity contribution in [3.8, 4) is 17.2 Å². The van der Waals surface area contributed by atoms with E-state index in [1.807, 2.05) is 6.07 Å². The molecule has 0 radical (unpaired) electrons. The summed E-state index contributed by atoms with van der Waals surface area (Å²) in [4.78, 5) is 2.42. The molecule has 2 aromatic carbocycles. The molecule has 2 aromatic rings. The van der Waals surface area contributed by atoms with Gasteiger partial charge in [-0.25, -0.2) is 0 Å². The predicted octanol–water partition coefficient (Wildman–Crippen LogP) is 4.06. The molecule has 0 unspecified atom stereocenters. The van der Waals surface area contributed by atoms with Gasteiger partial charge in [0.2, 0.25) is 0 Å². The molecule has 1 N–H and O–H groups in total. The van der Waals surface area contributed by atoms with Crippen molar-refractivity contribution in [2.45, 2.75) is 12.5 Å². The van der Waals surface area contributed by atoms with Crippen molar-refractivity contribution in [2.75, 3.05) is 26.2 Å². The Morgan fingerprint density at radius 3 is 2.29 bits per heavy atom. The molecule has 0 bridgehead atoms. The van der Waals surface area contributed by atoms with Crippen LogP contribution in [0.15, 0.2) is 54.6 Å². The van der Waals surface area contributed by atoms with Crippen molar-refractivity contribution in [3.63, 3.8) is 0 Å². The minimum absolute atomic E-state index is 0. The van der Waals surface area contributed by atoms with Crippen LogP contribution in [-0.2, 0) is 0 Å². The molecular weight excluding hydrogens is 341 g/mol. The summed E-state index contributed by atoms with van der Waals surface area (Å²) in [6.45, 7) is 4.00. The summed E-state index contributed by atoms with van der Waals surface area (Å²) in [5, 5.41) is 12.6. The smallest absolute Gasteiger partial charge is 0.0641 e. The quantitative estimate of drug-likeness (QED) is 0.889. The fourth-order valence-electron chi connectivity index (χ4n) is 3.09. The number of nitrogens with one attached hydrogen (secondary N) is 1. The Balaban J connectivity index is 0.00000144. The van der Waals surface area contributed by atoms with Gasteiger partial charge in [0.1, 0.15) is 0 Å². The van der Waals surface area contributed by atoms with Crippen LogP contribution in [0.4, 0.5) is 0 Å². The second-order valence-electron chi connectivity index (χ2n) is 5.66. The van der Waals surface area contributed by atoms with Gasteiger partial charge in [0.15, 0.2) is 0 Å². The first-order valence-electron chi connectivity index (χ1n) is 7.85. The van der Waals surface area contributed by atoms with E-state index in [-0.39, 0.29) is 30.9 Å². The van der Waals surface area contributed by atoms with Gasteiger partial charge in [-0.2, -0.15) is 5.26 Å². The van der Waals surface area contributed by atoms with Crippen LogP contribution < -0.4 is 5.32 Å². The number of rotatable bonds is 4. The summed E-state index contributed by atoms with van der Waals surface area (Å²) >= 11 is 0. The largest absolute Gasteiger partial charge is 0.314 e. The molecule has 0 aliphatic carbocycles. The van der Waals surface area contributed by atoms with E-state index < -0.39 is 0 Å². The molecule has 1 saturated heterocycles. The number of benzene rings is 2. The van der Waals surface area contributed by atoms with Gasteiger partial charge in [0.25, 0.3) is 0 Å². The highest BCUT2D eigenvalue weighted by Crippen LogP contribution is 2.28. The van der Waals surface area contributed by atoms with Gasteiger partial charge >= 0.3 is 0 Å². The van der Waals surface area contributed by atoms with Gasteiger partial charge < -0.3 is 5.32 Å². The zero-order valence-corrected chi connectivity index (χ0v) is 15.2. The molecule has 3 rings (SSSR count). The van der Waals surface area contributed by atoms with Crippen LogP contribution in [0, 0.1) is 11.3 Å². The van der Waals surface area contributed by atoms with Gasteiger partial charge in [-0.15, -0.1) is 24.8 Å². The Bertz CT molecular complexity index is 649. The predicted molar refractivity (Wildman–Crippen MR) is 104 cm³/mol. The van der Waals surface area contributed by atoms with Crippen molar-refractivity contribution < 1.29 is 0 Å². The molecule has 0 saturated carbocycles. The van der Waals surface area contributed by atoms with Crippen molar-refractivity contribution >= 4 is 24.8 Å². The van der Waals surface area contributed by atoms with E-state index in [0.29, 0.717) is 6.42 Å². The van der Waals surface area contributed by atoms with Gasteiger partial charge in [-0.1, -0.05) is 48.5 Å². The number of halogens is 2. The lowest BCUT2D eigenvalue weighted by molar-refractivity contribution is 0.175. The lowest BCUT2D eigenvalue weighted by atomic mass is 9.97. The maximum absolute atomic E-state index is 9.22. The van der Waals surface area contributed by atoms with E-state index in [2.05, 4.69) is 64.8 Å². The zero-order chi connectivity index (χ0) is 15.2. The first-order chi connectivity index (χ1) is 10.9. The Morgan fingerprint density at radius 2 is 1.62 bits per heavy atom. The highest BCUT2D eigenvalue weighted by atomic mass is 35.5. The molecule has 0 amide bonds. The topological polar surface area (TPSA) is 39.1 Å². The Morgan fingerprint density at radius 1 is 0.958 bits per heavy atom. The van der Waals surface area contributed by atoms with E-state index in [9.17, 15) is 5.26 Å². The van der Waals surface area contributed by atoms with E-state index in [1.54, 1.807) is 0 Å². The molecule has 1 heterocycles. The summed E-state index contributed by atoms with van der Waals surface area (Å²) in [6.07, 6.45) is 0.540. The molecule has 0 aromatic heterocycles. The maximum atomic E-state index is 9.22. The normalized spacial score (nSPS) is 15.5. The molecule has 5 heteroatoms. The summed E-state index contributed by atoms with van der Waals surface area (Å²) < 4.78 is 0. The molecule has 24 heavy (non-hydrogen) atoms. The summed E-state index contributed by atoms with van der Waals surface area (Å²) in [7, 11) is 0. The first kappa shape index (κ1) is 20.5. The van der Waals surface area contributed by atoms with Gasteiger partial charge in [-0.05, 0) is 22.8 Å². The third-order valence-electron chi connectivity index (χ3n) is 4.26. The highest BCUT2D eigenvalue weighted by molar-refractivity contribution is 5.85. The third-order valence-corrected chi connectivity index (χ3v) is 4.26. The van der Waals surface area contributed by atoms with Gasteiger partial charge in [-0.3, -0.25) is 4.90 Å². The lowest BCUT2D eigenvalue weighted by Gasteiger charge is -2.34. The molecule has 1 atom stereocenters. The van der Waals surface area contributed by atoms with Crippen LogP contribution in [0.1, 0.15) is 18.0 Å². The summed E-state index contributed by atoms with van der Waals surface area (Å²) in [6, 6.07) is 21.6. The number of piperazine rings is 1. The Labute approximate surface area is 156 Å². The van der Waals surface area contributed by atoms with Crippen LogP contribution in [0.3, 0.4) is 0 Å². The Kier molecular flexibility index (Phi) is 8.81. The van der Waals surface area contributed by atoms with E-state index in [1.165, 1.54) is 16.7 Å². The third kappa shape index (κ3) is 4.96. The standard InChI is InChI=1S/C19H21N3.2ClH/c20-10-9-19(22-13-11-21-12-14-22)18-8-4-7-17(15-18)16-5-2-1-3-6-16;;/h1-8,15,19,21H,9,11-14H2;2*1H/t19-;;/m1../s1. The molecular formula is C19H23Cl2N3. The minimum Gasteiger partial charge on any atom is -0.314 e. The maximum Gasteiger partial charge on any atom is 0.0641 e. The van der Waals surface area contributed by atoms with Crippen LogP contribution in [0.25, 0.3) is 11.1 Å². The highest BCUT2D eigenvalue weighted by Gasteiger charge is 2.22. The van der Waals surface area contributed by atoms with Crippen LogP contribution in [-0.4, -0.2) is 31.1 Å². The van der Waals surface area contributed by atoms with Crippen molar-refractivity contribution in [3.05, 3.63) is 60.2 Å². The monoisotopic (exact) mass is 363 g/mol. The lowest BCUT2D eigenvalue weighted by Crippen LogP contribution is -2.45. The minimum atomic E-state index is 0. The molecule has 0 spiro atoms. The molecule has 1 aliphatic rings. The van der Waals surface area contributed by atoms with Gasteiger partial charge in [0.05, 0.1) is 12.5 Å². The van der Waals surface area contributed by atoms with Crippen molar-refractivity contribution in [1.82, 2.24) is 10.2 Å². The van der Waals surface area contributed by atoms with Crippen LogP contribution in [0.5, 0.6) is 0 Å². The second-order valence-corrected chi connectivity index (χ2v) is 5.66. The molecule has 1 fully saturated rings. The van der Waals surface area contributed by atoms with Crippen molar-refractivity contribution in [1.29, 1.82) is 5.26 Å². The number of hydrogen-bond donors (Lipinski definition) is 1. The SMILES string of the molecule is Cl.Cl.N#CC[C@H](c1cccc(-c2ccccc2)c1)N1CCNCC1. The second kappa shape index (κ2) is 10.3. The molecule has 128 valence electrons. The number of nitriles is 1. The Hall–Kier alpha value is -1.57. The number of nitrogens with zero attached hydrogens (tertiary/aromatic N) is 2. The summed E-state index contributed by atoms with van der Waals surface area (Å²) in [5.41, 5.74) is 3.68. The number of hydrogen-bond acceptors (Lipinski definition) is 3. The summed E-state index contributed by atoms with van der Waals surface area (Å²) in [5.74, 6) is 0. The van der Waals surface area contributed by atoms with E-state index in [4.69, 9.17) is 0 Å². The first-order valence-corrected chi connectivity index (χ1v) is 7.85. The average molecular weight is 364 g/mol. The zero-order valence-electron chi connectivity index (χ0n) is 13.5.